The summed E-state index contributed by atoms with van der Waals surface area (Å²) in [6, 6.07) is 7.22. The highest BCUT2D eigenvalue weighted by Gasteiger charge is 2.07. The third-order valence-electron chi connectivity index (χ3n) is 2.33. The van der Waals surface area contributed by atoms with Gasteiger partial charge in [0.25, 0.3) is 0 Å². The molecule has 0 aliphatic rings. The summed E-state index contributed by atoms with van der Waals surface area (Å²) in [5.74, 6) is 0.269. The van der Waals surface area contributed by atoms with Crippen LogP contribution in [0.25, 0.3) is 0 Å². The Labute approximate surface area is 84.0 Å². The zero-order chi connectivity index (χ0) is 10.6. The second-order valence-corrected chi connectivity index (χ2v) is 3.49. The molecule has 3 heteroatoms. The van der Waals surface area contributed by atoms with E-state index in [2.05, 4.69) is 0 Å². The predicted octanol–water partition coefficient (Wildman–Crippen LogP) is 1.41. The molecule has 0 aliphatic carbocycles. The van der Waals surface area contributed by atoms with Gasteiger partial charge in [-0.3, -0.25) is 4.79 Å². The van der Waals surface area contributed by atoms with Crippen molar-refractivity contribution < 1.29 is 9.90 Å². The summed E-state index contributed by atoms with van der Waals surface area (Å²) in [6.07, 6.45) is 1.63. The smallest absolute Gasteiger partial charge is 0.209 e. The topological polar surface area (TPSA) is 40.5 Å². The zero-order valence-corrected chi connectivity index (χ0v) is 8.47. The van der Waals surface area contributed by atoms with Gasteiger partial charge in [0.05, 0.1) is 0 Å². The maximum atomic E-state index is 10.5. The maximum absolute atomic E-state index is 10.5. The molecule has 0 saturated heterocycles. The van der Waals surface area contributed by atoms with Gasteiger partial charge in [0, 0.05) is 13.1 Å². The molecule has 0 aliphatic heterocycles. The number of phenolic OH excluding ortho intramolecular Hbond substituents is 1. The first kappa shape index (κ1) is 10.6. The van der Waals surface area contributed by atoms with Crippen molar-refractivity contribution in [3.05, 3.63) is 29.8 Å². The van der Waals surface area contributed by atoms with E-state index >= 15 is 0 Å². The fourth-order valence-electron chi connectivity index (χ4n) is 1.22. The summed E-state index contributed by atoms with van der Waals surface area (Å²) in [7, 11) is 1.76. The van der Waals surface area contributed by atoms with Crippen molar-refractivity contribution in [3.8, 4) is 5.75 Å². The number of aromatic hydroxyl groups is 1. The Hall–Kier alpha value is -1.51. The van der Waals surface area contributed by atoms with Crippen LogP contribution in [0.5, 0.6) is 5.75 Å². The number of nitrogens with zero attached hydrogens (tertiary/aromatic N) is 1. The number of likely N-dealkylation sites (N-methyl/N-ethyl adjacent to an activating group) is 1. The molecule has 1 aromatic carbocycles. The molecule has 0 saturated carbocycles. The molecule has 0 spiro atoms. The third-order valence-corrected chi connectivity index (χ3v) is 2.33. The van der Waals surface area contributed by atoms with Crippen LogP contribution in [0, 0.1) is 0 Å². The molecule has 1 aromatic rings. The summed E-state index contributed by atoms with van der Waals surface area (Å²) >= 11 is 0. The molecule has 0 radical (unpaired) electrons. The van der Waals surface area contributed by atoms with E-state index in [1.807, 2.05) is 19.1 Å². The highest BCUT2D eigenvalue weighted by molar-refractivity contribution is 5.47. The molecule has 3 nitrogen and oxygen atoms in total. The van der Waals surface area contributed by atoms with Crippen LogP contribution in [0.4, 0.5) is 0 Å². The number of carbonyl (C=O) groups is 1. The summed E-state index contributed by atoms with van der Waals surface area (Å²) in [5, 5.41) is 9.08. The number of benzene rings is 1. The van der Waals surface area contributed by atoms with Crippen molar-refractivity contribution in [2.75, 3.05) is 7.05 Å². The first-order chi connectivity index (χ1) is 6.63. The van der Waals surface area contributed by atoms with Crippen LogP contribution in [-0.2, 0) is 11.2 Å². The van der Waals surface area contributed by atoms with Crippen LogP contribution in [-0.4, -0.2) is 29.5 Å². The van der Waals surface area contributed by atoms with Crippen molar-refractivity contribution in [2.45, 2.75) is 19.4 Å². The highest BCUT2D eigenvalue weighted by atomic mass is 16.3. The van der Waals surface area contributed by atoms with Crippen molar-refractivity contribution in [3.63, 3.8) is 0 Å². The molecule has 76 valence electrons. The number of hydrogen-bond acceptors (Lipinski definition) is 2. The molecule has 14 heavy (non-hydrogen) atoms. The van der Waals surface area contributed by atoms with Crippen LogP contribution < -0.4 is 0 Å². The largest absolute Gasteiger partial charge is 0.508 e. The van der Waals surface area contributed by atoms with Gasteiger partial charge in [-0.05, 0) is 31.0 Å². The molecule has 1 rings (SSSR count). The van der Waals surface area contributed by atoms with E-state index < -0.39 is 0 Å². The van der Waals surface area contributed by atoms with E-state index in [9.17, 15) is 4.79 Å². The maximum Gasteiger partial charge on any atom is 0.209 e. The monoisotopic (exact) mass is 193 g/mol. The molecule has 1 atom stereocenters. The third kappa shape index (κ3) is 2.76. The Morgan fingerprint density at radius 2 is 2.00 bits per heavy atom. The normalized spacial score (nSPS) is 12.1. The first-order valence-electron chi connectivity index (χ1n) is 4.58. The van der Waals surface area contributed by atoms with Gasteiger partial charge in [0.15, 0.2) is 0 Å². The van der Waals surface area contributed by atoms with Crippen LogP contribution >= 0.6 is 0 Å². The summed E-state index contributed by atoms with van der Waals surface area (Å²) in [6.45, 7) is 1.99. The number of hydrogen-bond donors (Lipinski definition) is 1. The van der Waals surface area contributed by atoms with Crippen LogP contribution in [0.1, 0.15) is 12.5 Å². The average molecular weight is 193 g/mol. The minimum Gasteiger partial charge on any atom is -0.508 e. The van der Waals surface area contributed by atoms with Gasteiger partial charge in [-0.25, -0.2) is 0 Å². The van der Waals surface area contributed by atoms with Crippen molar-refractivity contribution in [2.24, 2.45) is 0 Å². The molecule has 0 heterocycles. The van der Waals surface area contributed by atoms with E-state index in [1.165, 1.54) is 0 Å². The highest BCUT2D eigenvalue weighted by Crippen LogP contribution is 2.12. The van der Waals surface area contributed by atoms with E-state index in [0.29, 0.717) is 0 Å². The van der Waals surface area contributed by atoms with Crippen molar-refractivity contribution in [1.82, 2.24) is 4.90 Å². The average Bonchev–Trinajstić information content (AvgIpc) is 2.20. The minimum absolute atomic E-state index is 0.178. The molecular formula is C11H15NO2. The molecule has 0 aromatic heterocycles. The Balaban J connectivity index is 2.60. The summed E-state index contributed by atoms with van der Waals surface area (Å²) < 4.78 is 0. The Kier molecular flexibility index (Phi) is 3.51. The van der Waals surface area contributed by atoms with Gasteiger partial charge in [-0.15, -0.1) is 0 Å². The van der Waals surface area contributed by atoms with E-state index in [0.717, 1.165) is 18.4 Å². The van der Waals surface area contributed by atoms with Gasteiger partial charge in [0.2, 0.25) is 6.41 Å². The fraction of sp³-hybridized carbons (Fsp3) is 0.364. The molecule has 1 unspecified atom stereocenters. The van der Waals surface area contributed by atoms with E-state index in [-0.39, 0.29) is 11.8 Å². The quantitative estimate of drug-likeness (QED) is 0.734. The number of carbonyl (C=O) groups excluding carboxylic acids is 1. The van der Waals surface area contributed by atoms with Crippen LogP contribution in [0.2, 0.25) is 0 Å². The second-order valence-electron chi connectivity index (χ2n) is 3.49. The first-order valence-corrected chi connectivity index (χ1v) is 4.58. The zero-order valence-electron chi connectivity index (χ0n) is 8.47. The molecule has 0 bridgehead atoms. The molecule has 1 N–H and O–H groups in total. The lowest BCUT2D eigenvalue weighted by Gasteiger charge is -2.20. The Morgan fingerprint density at radius 1 is 1.43 bits per heavy atom. The molecule has 1 amide bonds. The fourth-order valence-corrected chi connectivity index (χ4v) is 1.22. The summed E-state index contributed by atoms with van der Waals surface area (Å²) in [4.78, 5) is 12.1. The van der Waals surface area contributed by atoms with Crippen molar-refractivity contribution in [1.29, 1.82) is 0 Å². The molecular weight excluding hydrogens is 178 g/mol. The predicted molar refractivity (Wildman–Crippen MR) is 55.1 cm³/mol. The Morgan fingerprint density at radius 3 is 2.50 bits per heavy atom. The van der Waals surface area contributed by atoms with E-state index in [4.69, 9.17) is 5.11 Å². The number of amides is 1. The van der Waals surface area contributed by atoms with Crippen LogP contribution in [0.15, 0.2) is 24.3 Å². The SMILES string of the molecule is CC(Cc1ccc(O)cc1)N(C)C=O. The lowest BCUT2D eigenvalue weighted by atomic mass is 10.1. The van der Waals surface area contributed by atoms with Gasteiger partial charge < -0.3 is 10.0 Å². The minimum atomic E-state index is 0.178. The number of phenols is 1. The van der Waals surface area contributed by atoms with Gasteiger partial charge in [0.1, 0.15) is 5.75 Å². The van der Waals surface area contributed by atoms with E-state index in [1.54, 1.807) is 24.1 Å². The standard InChI is InChI=1S/C11H15NO2/c1-9(12(2)8-13)7-10-3-5-11(14)6-4-10/h3-6,8-9,14H,7H2,1-2H3. The van der Waals surface area contributed by atoms with Gasteiger partial charge >= 0.3 is 0 Å². The second kappa shape index (κ2) is 4.65. The van der Waals surface area contributed by atoms with Gasteiger partial charge in [-0.1, -0.05) is 12.1 Å². The lowest BCUT2D eigenvalue weighted by molar-refractivity contribution is -0.118. The van der Waals surface area contributed by atoms with Crippen molar-refractivity contribution >= 4 is 6.41 Å². The summed E-state index contributed by atoms with van der Waals surface area (Å²) in [5.41, 5.74) is 1.11. The lowest BCUT2D eigenvalue weighted by Crippen LogP contribution is -2.29. The number of rotatable bonds is 4. The van der Waals surface area contributed by atoms with Gasteiger partial charge in [-0.2, -0.15) is 0 Å². The Bertz CT molecular complexity index is 295. The van der Waals surface area contributed by atoms with Crippen LogP contribution in [0.3, 0.4) is 0 Å². The molecule has 0 fully saturated rings.